The van der Waals surface area contributed by atoms with Crippen molar-refractivity contribution in [1.29, 1.82) is 0 Å². The van der Waals surface area contributed by atoms with E-state index >= 15 is 0 Å². The van der Waals surface area contributed by atoms with Crippen LogP contribution in [0.3, 0.4) is 0 Å². The summed E-state index contributed by atoms with van der Waals surface area (Å²) in [4.78, 5) is 11.7. The number of ether oxygens (including phenoxy) is 1. The summed E-state index contributed by atoms with van der Waals surface area (Å²) in [6, 6.07) is 0. The van der Waals surface area contributed by atoms with Gasteiger partial charge in [0, 0.05) is 6.42 Å². The summed E-state index contributed by atoms with van der Waals surface area (Å²) in [5.41, 5.74) is -0.551. The van der Waals surface area contributed by atoms with E-state index in [0.717, 1.165) is 25.7 Å². The van der Waals surface area contributed by atoms with Gasteiger partial charge in [0.15, 0.2) is 11.4 Å². The molecule has 2 unspecified atom stereocenters. The number of ketones is 1. The molecular formula is C11H16O2. The summed E-state index contributed by atoms with van der Waals surface area (Å²) in [6.45, 7) is 5.74. The van der Waals surface area contributed by atoms with Gasteiger partial charge in [0.2, 0.25) is 0 Å². The highest BCUT2D eigenvalue weighted by atomic mass is 16.6. The number of fused-ring (bicyclic) bond motifs is 1. The minimum atomic E-state index is -0.417. The van der Waals surface area contributed by atoms with Crippen LogP contribution in [0.1, 0.15) is 39.0 Å². The maximum Gasteiger partial charge on any atom is 0.167 e. The first-order valence-corrected chi connectivity index (χ1v) is 4.99. The Morgan fingerprint density at radius 3 is 3.08 bits per heavy atom. The zero-order chi connectivity index (χ0) is 9.53. The van der Waals surface area contributed by atoms with Crippen LogP contribution in [-0.4, -0.2) is 17.0 Å². The van der Waals surface area contributed by atoms with Gasteiger partial charge in [-0.05, 0) is 32.6 Å². The zero-order valence-electron chi connectivity index (χ0n) is 8.14. The molecule has 0 radical (unpaired) electrons. The second-order valence-corrected chi connectivity index (χ2v) is 4.26. The number of rotatable bonds is 3. The Labute approximate surface area is 79.0 Å². The van der Waals surface area contributed by atoms with Crippen molar-refractivity contribution in [3.8, 4) is 0 Å². The summed E-state index contributed by atoms with van der Waals surface area (Å²) in [5.74, 6) is 0.308. The first kappa shape index (κ1) is 8.95. The van der Waals surface area contributed by atoms with Crippen LogP contribution in [0, 0.1) is 0 Å². The zero-order valence-corrected chi connectivity index (χ0v) is 8.14. The summed E-state index contributed by atoms with van der Waals surface area (Å²) >= 11 is 0. The third-order valence-electron chi connectivity index (χ3n) is 3.42. The fourth-order valence-corrected chi connectivity index (χ4v) is 2.51. The Bertz CT molecular complexity index is 259. The van der Waals surface area contributed by atoms with Crippen LogP contribution in [0.4, 0.5) is 0 Å². The van der Waals surface area contributed by atoms with Crippen molar-refractivity contribution in [3.63, 3.8) is 0 Å². The Balaban J connectivity index is 2.12. The van der Waals surface area contributed by atoms with Crippen LogP contribution >= 0.6 is 0 Å². The number of epoxide rings is 1. The first-order valence-electron chi connectivity index (χ1n) is 4.99. The van der Waals surface area contributed by atoms with E-state index in [1.165, 1.54) is 0 Å². The average molecular weight is 180 g/mol. The third kappa shape index (κ3) is 1.08. The van der Waals surface area contributed by atoms with Gasteiger partial charge >= 0.3 is 0 Å². The molecule has 1 saturated heterocycles. The molecule has 2 heteroatoms. The molecule has 1 aliphatic carbocycles. The van der Waals surface area contributed by atoms with Crippen molar-refractivity contribution >= 4 is 5.78 Å². The predicted molar refractivity (Wildman–Crippen MR) is 50.5 cm³/mol. The van der Waals surface area contributed by atoms with Gasteiger partial charge in [-0.3, -0.25) is 4.79 Å². The fraction of sp³-hybridized carbons (Fsp3) is 0.727. The monoisotopic (exact) mass is 180 g/mol. The van der Waals surface area contributed by atoms with Gasteiger partial charge < -0.3 is 4.74 Å². The molecule has 0 aromatic heterocycles. The van der Waals surface area contributed by atoms with Crippen LogP contribution in [0.25, 0.3) is 0 Å². The van der Waals surface area contributed by atoms with E-state index in [1.54, 1.807) is 0 Å². The maximum absolute atomic E-state index is 11.7. The highest BCUT2D eigenvalue weighted by Crippen LogP contribution is 2.57. The Morgan fingerprint density at radius 2 is 2.46 bits per heavy atom. The molecule has 2 aliphatic rings. The second kappa shape index (κ2) is 2.68. The summed E-state index contributed by atoms with van der Waals surface area (Å²) in [6.07, 6.45) is 6.29. The van der Waals surface area contributed by atoms with Gasteiger partial charge in [-0.15, -0.1) is 6.58 Å². The van der Waals surface area contributed by atoms with E-state index in [1.807, 2.05) is 6.08 Å². The second-order valence-electron chi connectivity index (χ2n) is 4.26. The molecule has 0 spiro atoms. The van der Waals surface area contributed by atoms with E-state index < -0.39 is 5.60 Å². The number of Topliss-reactive ketones (excluding diaryl/α,β-unsaturated/α-hetero) is 1. The number of hydrogen-bond acceptors (Lipinski definition) is 2. The molecule has 2 rings (SSSR count). The Hall–Kier alpha value is -0.630. The molecule has 0 aromatic rings. The van der Waals surface area contributed by atoms with Crippen molar-refractivity contribution in [2.45, 2.75) is 50.2 Å². The standard InChI is InChI=1S/C11H16O2/c1-3-4-8-11-9(12)6-5-7-10(11,2)13-11/h3H,1,4-8H2,2H3. The lowest BCUT2D eigenvalue weighted by atomic mass is 9.77. The fourth-order valence-electron chi connectivity index (χ4n) is 2.51. The average Bonchev–Trinajstić information content (AvgIpc) is 2.71. The Kier molecular flexibility index (Phi) is 1.84. The normalized spacial score (nSPS) is 42.7. The predicted octanol–water partition coefficient (Wildman–Crippen LogP) is 2.23. The minimum absolute atomic E-state index is 0.134. The summed E-state index contributed by atoms with van der Waals surface area (Å²) in [5, 5.41) is 0. The third-order valence-corrected chi connectivity index (χ3v) is 3.42. The highest BCUT2D eigenvalue weighted by molar-refractivity contribution is 5.92. The number of hydrogen-bond donors (Lipinski definition) is 0. The molecule has 1 heterocycles. The topological polar surface area (TPSA) is 29.6 Å². The molecule has 72 valence electrons. The van der Waals surface area contributed by atoms with Crippen molar-refractivity contribution in [2.24, 2.45) is 0 Å². The van der Waals surface area contributed by atoms with E-state index in [0.29, 0.717) is 12.2 Å². The van der Waals surface area contributed by atoms with E-state index in [4.69, 9.17) is 4.74 Å². The van der Waals surface area contributed by atoms with E-state index in [9.17, 15) is 4.79 Å². The lowest BCUT2D eigenvalue weighted by Gasteiger charge is -2.20. The SMILES string of the molecule is C=CCCC12OC1(C)CCCC2=O. The molecule has 0 aromatic carbocycles. The van der Waals surface area contributed by atoms with Gasteiger partial charge in [0.1, 0.15) is 5.60 Å². The minimum Gasteiger partial charge on any atom is -0.354 e. The number of carbonyl (C=O) groups is 1. The van der Waals surface area contributed by atoms with Crippen LogP contribution in [0.5, 0.6) is 0 Å². The number of carbonyl (C=O) groups excluding carboxylic acids is 1. The molecule has 1 saturated carbocycles. The lowest BCUT2D eigenvalue weighted by Crippen LogP contribution is -2.36. The molecule has 0 amide bonds. The summed E-state index contributed by atoms with van der Waals surface area (Å²) < 4.78 is 5.67. The molecule has 1 aliphatic heterocycles. The maximum atomic E-state index is 11.7. The van der Waals surface area contributed by atoms with Crippen LogP contribution < -0.4 is 0 Å². The quantitative estimate of drug-likeness (QED) is 0.492. The number of allylic oxidation sites excluding steroid dienone is 1. The first-order chi connectivity index (χ1) is 6.15. The van der Waals surface area contributed by atoms with Gasteiger partial charge in [-0.2, -0.15) is 0 Å². The van der Waals surface area contributed by atoms with E-state index in [2.05, 4.69) is 13.5 Å². The van der Waals surface area contributed by atoms with Crippen molar-refractivity contribution in [3.05, 3.63) is 12.7 Å². The Morgan fingerprint density at radius 1 is 1.69 bits per heavy atom. The highest BCUT2D eigenvalue weighted by Gasteiger charge is 2.71. The van der Waals surface area contributed by atoms with E-state index in [-0.39, 0.29) is 5.60 Å². The van der Waals surface area contributed by atoms with Crippen molar-refractivity contribution in [1.82, 2.24) is 0 Å². The van der Waals surface area contributed by atoms with Crippen LogP contribution in [-0.2, 0) is 9.53 Å². The molecule has 2 fully saturated rings. The van der Waals surface area contributed by atoms with Crippen LogP contribution in [0.15, 0.2) is 12.7 Å². The molecule has 0 N–H and O–H groups in total. The smallest absolute Gasteiger partial charge is 0.167 e. The van der Waals surface area contributed by atoms with Gasteiger partial charge in [0.25, 0.3) is 0 Å². The van der Waals surface area contributed by atoms with Crippen LogP contribution in [0.2, 0.25) is 0 Å². The van der Waals surface area contributed by atoms with Gasteiger partial charge in [0.05, 0.1) is 0 Å². The molecule has 2 nitrogen and oxygen atoms in total. The molecule has 2 atom stereocenters. The summed E-state index contributed by atoms with van der Waals surface area (Å²) in [7, 11) is 0. The molecular weight excluding hydrogens is 164 g/mol. The van der Waals surface area contributed by atoms with Crippen molar-refractivity contribution in [2.75, 3.05) is 0 Å². The largest absolute Gasteiger partial charge is 0.354 e. The molecule has 13 heavy (non-hydrogen) atoms. The lowest BCUT2D eigenvalue weighted by molar-refractivity contribution is -0.125. The van der Waals surface area contributed by atoms with Gasteiger partial charge in [-0.1, -0.05) is 6.08 Å². The molecule has 0 bridgehead atoms. The van der Waals surface area contributed by atoms with Crippen molar-refractivity contribution < 1.29 is 9.53 Å². The van der Waals surface area contributed by atoms with Gasteiger partial charge in [-0.25, -0.2) is 0 Å².